The van der Waals surface area contributed by atoms with Crippen molar-refractivity contribution in [3.8, 4) is 0 Å². The highest BCUT2D eigenvalue weighted by Gasteiger charge is 2.18. The minimum atomic E-state index is 0.0103. The number of nitrogens with zero attached hydrogens (tertiary/aromatic N) is 2. The number of piperazine rings is 1. The number of rotatable bonds is 5. The molecule has 1 fully saturated rings. The molecule has 3 nitrogen and oxygen atoms in total. The predicted molar refractivity (Wildman–Crippen MR) is 73.5 cm³/mol. The highest BCUT2D eigenvalue weighted by atomic mass is 16.5. The van der Waals surface area contributed by atoms with Crippen LogP contribution in [0, 0.1) is 0 Å². The van der Waals surface area contributed by atoms with Crippen LogP contribution in [0.1, 0.15) is 41.0 Å². The molecule has 1 saturated heterocycles. The molecule has 17 heavy (non-hydrogen) atoms. The minimum Gasteiger partial charge on any atom is -0.376 e. The predicted octanol–water partition coefficient (Wildman–Crippen LogP) is 2.22. The molecule has 0 saturated carbocycles. The van der Waals surface area contributed by atoms with E-state index in [2.05, 4.69) is 44.4 Å². The zero-order valence-electron chi connectivity index (χ0n) is 12.3. The van der Waals surface area contributed by atoms with Crippen LogP contribution >= 0.6 is 0 Å². The molecule has 0 atom stereocenters. The first-order valence-electron chi connectivity index (χ1n) is 6.99. The van der Waals surface area contributed by atoms with Gasteiger partial charge < -0.3 is 9.64 Å². The van der Waals surface area contributed by atoms with Crippen LogP contribution in [0.2, 0.25) is 0 Å². The maximum Gasteiger partial charge on any atom is 0.0598 e. The number of ether oxygens (including phenoxy) is 1. The van der Waals surface area contributed by atoms with Gasteiger partial charge in [-0.1, -0.05) is 0 Å². The topological polar surface area (TPSA) is 15.7 Å². The van der Waals surface area contributed by atoms with Crippen LogP contribution in [0.5, 0.6) is 0 Å². The molecule has 1 aliphatic heterocycles. The molecule has 0 N–H and O–H groups in total. The average Bonchev–Trinajstić information content (AvgIpc) is 2.24. The van der Waals surface area contributed by atoms with Gasteiger partial charge in [-0.2, -0.15) is 0 Å². The molecule has 0 aromatic carbocycles. The fourth-order valence-electron chi connectivity index (χ4n) is 2.17. The Labute approximate surface area is 107 Å². The third-order valence-corrected chi connectivity index (χ3v) is 3.29. The average molecular weight is 242 g/mol. The van der Waals surface area contributed by atoms with Crippen LogP contribution < -0.4 is 0 Å². The van der Waals surface area contributed by atoms with Crippen LogP contribution in [0.15, 0.2) is 0 Å². The van der Waals surface area contributed by atoms with E-state index in [9.17, 15) is 0 Å². The van der Waals surface area contributed by atoms with E-state index in [0.717, 1.165) is 13.0 Å². The van der Waals surface area contributed by atoms with Crippen molar-refractivity contribution >= 4 is 0 Å². The highest BCUT2D eigenvalue weighted by Crippen LogP contribution is 2.09. The van der Waals surface area contributed by atoms with Crippen molar-refractivity contribution in [1.82, 2.24) is 9.80 Å². The van der Waals surface area contributed by atoms with Gasteiger partial charge in [-0.3, -0.25) is 4.90 Å². The smallest absolute Gasteiger partial charge is 0.0598 e. The number of hydrogen-bond acceptors (Lipinski definition) is 3. The zero-order chi connectivity index (χ0) is 12.9. The maximum absolute atomic E-state index is 5.74. The molecular formula is C14H30N2O. The van der Waals surface area contributed by atoms with Gasteiger partial charge in [-0.05, 0) is 41.0 Å². The largest absolute Gasteiger partial charge is 0.376 e. The quantitative estimate of drug-likeness (QED) is 0.688. The Balaban J connectivity index is 2.07. The van der Waals surface area contributed by atoms with Crippen molar-refractivity contribution in [2.75, 3.05) is 39.3 Å². The number of hydrogen-bond donors (Lipinski definition) is 0. The Morgan fingerprint density at radius 1 is 1.06 bits per heavy atom. The second-order valence-corrected chi connectivity index (χ2v) is 6.29. The molecule has 0 aromatic heterocycles. The standard InChI is InChI=1S/C14H30N2O/c1-13(2)16-10-8-15(9-11-16)7-6-12-17-14(3,4)5/h13H,6-12H2,1-5H3. The zero-order valence-corrected chi connectivity index (χ0v) is 12.3. The fraction of sp³-hybridized carbons (Fsp3) is 1.00. The second kappa shape index (κ2) is 6.72. The van der Waals surface area contributed by atoms with Gasteiger partial charge in [0.1, 0.15) is 0 Å². The van der Waals surface area contributed by atoms with Gasteiger partial charge in [0.2, 0.25) is 0 Å². The molecule has 0 amide bonds. The summed E-state index contributed by atoms with van der Waals surface area (Å²) < 4.78 is 5.74. The summed E-state index contributed by atoms with van der Waals surface area (Å²) in [5, 5.41) is 0. The molecule has 0 radical (unpaired) electrons. The summed E-state index contributed by atoms with van der Waals surface area (Å²) in [5.41, 5.74) is 0.0103. The monoisotopic (exact) mass is 242 g/mol. The van der Waals surface area contributed by atoms with Crippen LogP contribution in [0.25, 0.3) is 0 Å². The lowest BCUT2D eigenvalue weighted by molar-refractivity contribution is -0.00874. The van der Waals surface area contributed by atoms with Crippen LogP contribution in [-0.2, 0) is 4.74 Å². The van der Waals surface area contributed by atoms with E-state index in [4.69, 9.17) is 4.74 Å². The lowest BCUT2D eigenvalue weighted by Gasteiger charge is -2.37. The Morgan fingerprint density at radius 3 is 2.12 bits per heavy atom. The summed E-state index contributed by atoms with van der Waals surface area (Å²) in [4.78, 5) is 5.12. The second-order valence-electron chi connectivity index (χ2n) is 6.29. The summed E-state index contributed by atoms with van der Waals surface area (Å²) in [5.74, 6) is 0. The van der Waals surface area contributed by atoms with Gasteiger partial charge in [-0.15, -0.1) is 0 Å². The minimum absolute atomic E-state index is 0.0103. The third kappa shape index (κ3) is 6.39. The highest BCUT2D eigenvalue weighted by molar-refractivity contribution is 4.74. The third-order valence-electron chi connectivity index (χ3n) is 3.29. The summed E-state index contributed by atoms with van der Waals surface area (Å²) in [7, 11) is 0. The van der Waals surface area contributed by atoms with Crippen molar-refractivity contribution in [2.45, 2.75) is 52.7 Å². The molecule has 1 rings (SSSR count). The lowest BCUT2D eigenvalue weighted by atomic mass is 10.2. The maximum atomic E-state index is 5.74. The van der Waals surface area contributed by atoms with Gasteiger partial charge in [0.15, 0.2) is 0 Å². The first-order chi connectivity index (χ1) is 7.88. The van der Waals surface area contributed by atoms with Crippen molar-refractivity contribution in [3.05, 3.63) is 0 Å². The first-order valence-corrected chi connectivity index (χ1v) is 6.99. The van der Waals surface area contributed by atoms with Crippen molar-refractivity contribution in [2.24, 2.45) is 0 Å². The summed E-state index contributed by atoms with van der Waals surface area (Å²) in [6, 6.07) is 0.696. The van der Waals surface area contributed by atoms with Crippen LogP contribution in [0.3, 0.4) is 0 Å². The SMILES string of the molecule is CC(C)N1CCN(CCCOC(C)(C)C)CC1. The molecule has 0 unspecified atom stereocenters. The van der Waals surface area contributed by atoms with Gasteiger partial charge in [0.25, 0.3) is 0 Å². The molecule has 1 aliphatic rings. The summed E-state index contributed by atoms with van der Waals surface area (Å²) in [6.45, 7) is 17.9. The summed E-state index contributed by atoms with van der Waals surface area (Å²) >= 11 is 0. The van der Waals surface area contributed by atoms with Gasteiger partial charge in [0.05, 0.1) is 5.60 Å². The molecule has 102 valence electrons. The Hall–Kier alpha value is -0.120. The molecule has 0 aromatic rings. The molecule has 3 heteroatoms. The normalized spacial score (nSPS) is 20.1. The molecule has 0 spiro atoms. The van der Waals surface area contributed by atoms with Crippen molar-refractivity contribution in [3.63, 3.8) is 0 Å². The van der Waals surface area contributed by atoms with Gasteiger partial charge >= 0.3 is 0 Å². The van der Waals surface area contributed by atoms with E-state index < -0.39 is 0 Å². The van der Waals surface area contributed by atoms with Gasteiger partial charge in [0, 0.05) is 45.4 Å². The molecular weight excluding hydrogens is 212 g/mol. The lowest BCUT2D eigenvalue weighted by Crippen LogP contribution is -2.49. The van der Waals surface area contributed by atoms with E-state index in [-0.39, 0.29) is 5.60 Å². The fourth-order valence-corrected chi connectivity index (χ4v) is 2.17. The van der Waals surface area contributed by atoms with Crippen molar-refractivity contribution < 1.29 is 4.74 Å². The van der Waals surface area contributed by atoms with E-state index in [1.165, 1.54) is 32.7 Å². The van der Waals surface area contributed by atoms with Crippen molar-refractivity contribution in [1.29, 1.82) is 0 Å². The Bertz CT molecular complexity index is 203. The first kappa shape index (κ1) is 14.9. The van der Waals surface area contributed by atoms with Crippen LogP contribution in [0.4, 0.5) is 0 Å². The van der Waals surface area contributed by atoms with E-state index in [1.54, 1.807) is 0 Å². The van der Waals surface area contributed by atoms with E-state index in [1.807, 2.05) is 0 Å². The molecule has 1 heterocycles. The van der Waals surface area contributed by atoms with Gasteiger partial charge in [-0.25, -0.2) is 0 Å². The molecule has 0 bridgehead atoms. The summed E-state index contributed by atoms with van der Waals surface area (Å²) in [6.07, 6.45) is 1.15. The van der Waals surface area contributed by atoms with Crippen LogP contribution in [-0.4, -0.2) is 60.8 Å². The molecule has 0 aliphatic carbocycles. The Morgan fingerprint density at radius 2 is 1.65 bits per heavy atom. The van der Waals surface area contributed by atoms with E-state index in [0.29, 0.717) is 6.04 Å². The van der Waals surface area contributed by atoms with E-state index >= 15 is 0 Å². The Kier molecular flexibility index (Phi) is 5.90.